The molecule has 0 aliphatic carbocycles. The molecule has 0 saturated heterocycles. The monoisotopic (exact) mass is 258 g/mol. The molecule has 0 N–H and O–H groups in total. The van der Waals surface area contributed by atoms with E-state index in [1.165, 1.54) is 0 Å². The van der Waals surface area contributed by atoms with Crippen molar-refractivity contribution in [3.05, 3.63) is 35.1 Å². The fourth-order valence-corrected chi connectivity index (χ4v) is 1.49. The molecule has 0 saturated carbocycles. The molecule has 1 unspecified atom stereocenters. The van der Waals surface area contributed by atoms with Gasteiger partial charge >= 0.3 is 0 Å². The van der Waals surface area contributed by atoms with Crippen LogP contribution in [0, 0.1) is 28.8 Å². The molecule has 0 bridgehead atoms. The molecule has 1 rings (SSSR count). The first kappa shape index (κ1) is 14.7. The van der Waals surface area contributed by atoms with E-state index in [9.17, 15) is 18.0 Å². The van der Waals surface area contributed by atoms with Gasteiger partial charge in [-0.1, -0.05) is 27.7 Å². The number of ketones is 1. The van der Waals surface area contributed by atoms with Crippen molar-refractivity contribution in [2.75, 3.05) is 0 Å². The van der Waals surface area contributed by atoms with Crippen molar-refractivity contribution < 1.29 is 18.0 Å². The van der Waals surface area contributed by atoms with E-state index in [-0.39, 0.29) is 17.8 Å². The highest BCUT2D eigenvalue weighted by atomic mass is 19.1. The number of carbonyl (C=O) groups excluding carboxylic acids is 1. The summed E-state index contributed by atoms with van der Waals surface area (Å²) in [5.41, 5.74) is -0.782. The van der Waals surface area contributed by atoms with Crippen molar-refractivity contribution in [2.24, 2.45) is 11.3 Å². The molecular formula is C14H17F3O. The molecular weight excluding hydrogens is 241 g/mol. The second-order valence-corrected chi connectivity index (χ2v) is 5.64. The largest absolute Gasteiger partial charge is 0.294 e. The average molecular weight is 258 g/mol. The van der Waals surface area contributed by atoms with Crippen molar-refractivity contribution >= 4 is 5.78 Å². The summed E-state index contributed by atoms with van der Waals surface area (Å²) >= 11 is 0. The molecule has 1 nitrogen and oxygen atoms in total. The summed E-state index contributed by atoms with van der Waals surface area (Å²) in [4.78, 5) is 11.9. The lowest BCUT2D eigenvalue weighted by molar-refractivity contribution is 0.0918. The van der Waals surface area contributed by atoms with E-state index >= 15 is 0 Å². The van der Waals surface area contributed by atoms with Gasteiger partial charge in [0.05, 0.1) is 5.56 Å². The second-order valence-electron chi connectivity index (χ2n) is 5.64. The summed E-state index contributed by atoms with van der Waals surface area (Å²) in [5.74, 6) is -3.97. The third kappa shape index (κ3) is 3.34. The molecule has 0 spiro atoms. The van der Waals surface area contributed by atoms with Crippen LogP contribution in [0.3, 0.4) is 0 Å². The number of rotatable bonds is 3. The van der Waals surface area contributed by atoms with E-state index in [2.05, 4.69) is 0 Å². The van der Waals surface area contributed by atoms with Crippen LogP contribution in [-0.4, -0.2) is 5.78 Å². The highest BCUT2D eigenvalue weighted by Gasteiger charge is 2.26. The first-order chi connectivity index (χ1) is 8.12. The van der Waals surface area contributed by atoms with Gasteiger partial charge < -0.3 is 0 Å². The SMILES string of the molecule is CC(CC(=O)c1c(F)cc(F)cc1F)C(C)(C)C. The first-order valence-corrected chi connectivity index (χ1v) is 5.80. The van der Waals surface area contributed by atoms with Crippen LogP contribution in [0.25, 0.3) is 0 Å². The van der Waals surface area contributed by atoms with Crippen LogP contribution in [0.4, 0.5) is 13.2 Å². The quantitative estimate of drug-likeness (QED) is 0.736. The number of halogens is 3. The minimum atomic E-state index is -1.14. The molecule has 0 radical (unpaired) electrons. The Labute approximate surface area is 105 Å². The van der Waals surface area contributed by atoms with Crippen LogP contribution in [0.15, 0.2) is 12.1 Å². The Morgan fingerprint density at radius 2 is 1.61 bits per heavy atom. The van der Waals surface area contributed by atoms with Crippen LogP contribution in [0.2, 0.25) is 0 Å². The van der Waals surface area contributed by atoms with Crippen molar-refractivity contribution in [3.63, 3.8) is 0 Å². The maximum atomic E-state index is 13.4. The van der Waals surface area contributed by atoms with Gasteiger partial charge in [-0.25, -0.2) is 13.2 Å². The summed E-state index contributed by atoms with van der Waals surface area (Å²) in [6, 6.07) is 1.05. The first-order valence-electron chi connectivity index (χ1n) is 5.80. The highest BCUT2D eigenvalue weighted by Crippen LogP contribution is 2.30. The number of Topliss-reactive ketones (excluding diaryl/α,β-unsaturated/α-hetero) is 1. The second kappa shape index (κ2) is 5.12. The molecule has 0 heterocycles. The Bertz CT molecular complexity index is 438. The van der Waals surface area contributed by atoms with Gasteiger partial charge in [-0.15, -0.1) is 0 Å². The van der Waals surface area contributed by atoms with Crippen LogP contribution in [0.5, 0.6) is 0 Å². The number of benzene rings is 1. The van der Waals surface area contributed by atoms with Gasteiger partial charge in [-0.2, -0.15) is 0 Å². The lowest BCUT2D eigenvalue weighted by atomic mass is 9.78. The molecule has 4 heteroatoms. The summed E-state index contributed by atoms with van der Waals surface area (Å²) in [5, 5.41) is 0. The van der Waals surface area contributed by atoms with Gasteiger partial charge in [0.15, 0.2) is 5.78 Å². The lowest BCUT2D eigenvalue weighted by Crippen LogP contribution is -2.21. The normalized spacial score (nSPS) is 13.5. The maximum Gasteiger partial charge on any atom is 0.169 e. The highest BCUT2D eigenvalue weighted by molar-refractivity contribution is 5.96. The Kier molecular flexibility index (Phi) is 4.20. The zero-order chi connectivity index (χ0) is 14.1. The molecule has 100 valence electrons. The minimum Gasteiger partial charge on any atom is -0.294 e. The van der Waals surface area contributed by atoms with Crippen LogP contribution >= 0.6 is 0 Å². The van der Waals surface area contributed by atoms with Crippen LogP contribution in [-0.2, 0) is 0 Å². The molecule has 1 aromatic rings. The van der Waals surface area contributed by atoms with Gasteiger partial charge in [-0.05, 0) is 11.3 Å². The molecule has 18 heavy (non-hydrogen) atoms. The summed E-state index contributed by atoms with van der Waals surface area (Å²) in [6.07, 6.45) is 0.0307. The van der Waals surface area contributed by atoms with Gasteiger partial charge in [-0.3, -0.25) is 4.79 Å². The number of hydrogen-bond acceptors (Lipinski definition) is 1. The summed E-state index contributed by atoms with van der Waals surface area (Å²) < 4.78 is 39.5. The molecule has 0 aromatic heterocycles. The smallest absolute Gasteiger partial charge is 0.169 e. The van der Waals surface area contributed by atoms with E-state index in [0.29, 0.717) is 12.1 Å². The fourth-order valence-electron chi connectivity index (χ4n) is 1.49. The minimum absolute atomic E-state index is 0.0307. The van der Waals surface area contributed by atoms with E-state index < -0.39 is 28.8 Å². The number of hydrogen-bond donors (Lipinski definition) is 0. The van der Waals surface area contributed by atoms with Gasteiger partial charge in [0.1, 0.15) is 17.5 Å². The standard InChI is InChI=1S/C14H17F3O/c1-8(14(2,3)4)5-12(18)13-10(16)6-9(15)7-11(13)17/h6-8H,5H2,1-4H3. The van der Waals surface area contributed by atoms with Crippen LogP contribution in [0.1, 0.15) is 44.5 Å². The van der Waals surface area contributed by atoms with E-state index in [4.69, 9.17) is 0 Å². The predicted molar refractivity (Wildman–Crippen MR) is 63.9 cm³/mol. The van der Waals surface area contributed by atoms with Crippen molar-refractivity contribution in [3.8, 4) is 0 Å². The zero-order valence-electron chi connectivity index (χ0n) is 11.0. The topological polar surface area (TPSA) is 17.1 Å². The van der Waals surface area contributed by atoms with Gasteiger partial charge in [0.2, 0.25) is 0 Å². The van der Waals surface area contributed by atoms with Crippen molar-refractivity contribution in [1.29, 1.82) is 0 Å². The molecule has 1 atom stereocenters. The zero-order valence-corrected chi connectivity index (χ0v) is 11.0. The van der Waals surface area contributed by atoms with E-state index in [0.717, 1.165) is 0 Å². The lowest BCUT2D eigenvalue weighted by Gasteiger charge is -2.26. The predicted octanol–water partition coefficient (Wildman–Crippen LogP) is 4.36. The Morgan fingerprint density at radius 1 is 1.17 bits per heavy atom. The van der Waals surface area contributed by atoms with Crippen molar-refractivity contribution in [2.45, 2.75) is 34.1 Å². The number of carbonyl (C=O) groups is 1. The molecule has 1 aromatic carbocycles. The van der Waals surface area contributed by atoms with Gasteiger partial charge in [0.25, 0.3) is 0 Å². The Hall–Kier alpha value is -1.32. The Balaban J connectivity index is 2.99. The molecule has 0 fully saturated rings. The van der Waals surface area contributed by atoms with Crippen molar-refractivity contribution in [1.82, 2.24) is 0 Å². The molecule has 0 aliphatic rings. The van der Waals surface area contributed by atoms with E-state index in [1.807, 2.05) is 27.7 Å². The average Bonchev–Trinajstić information content (AvgIpc) is 2.13. The summed E-state index contributed by atoms with van der Waals surface area (Å²) in [6.45, 7) is 7.68. The van der Waals surface area contributed by atoms with Gasteiger partial charge in [0, 0.05) is 18.6 Å². The van der Waals surface area contributed by atoms with Crippen LogP contribution < -0.4 is 0 Å². The maximum absolute atomic E-state index is 13.4. The third-order valence-corrected chi connectivity index (χ3v) is 3.26. The molecule has 0 amide bonds. The fraction of sp³-hybridized carbons (Fsp3) is 0.500. The third-order valence-electron chi connectivity index (χ3n) is 3.26. The Morgan fingerprint density at radius 3 is 2.00 bits per heavy atom. The summed E-state index contributed by atoms with van der Waals surface area (Å²) in [7, 11) is 0. The van der Waals surface area contributed by atoms with E-state index in [1.54, 1.807) is 0 Å². The molecule has 0 aliphatic heterocycles.